The summed E-state index contributed by atoms with van der Waals surface area (Å²) in [7, 11) is 0. The predicted molar refractivity (Wildman–Crippen MR) is 61.5 cm³/mol. The second-order valence-corrected chi connectivity index (χ2v) is 3.67. The summed E-state index contributed by atoms with van der Waals surface area (Å²) in [6, 6.07) is 1.76. The molecule has 0 aliphatic carbocycles. The van der Waals surface area contributed by atoms with E-state index < -0.39 is 0 Å². The van der Waals surface area contributed by atoms with Crippen molar-refractivity contribution in [2.24, 2.45) is 0 Å². The summed E-state index contributed by atoms with van der Waals surface area (Å²) in [5.74, 6) is 1.35. The molecule has 0 spiro atoms. The van der Waals surface area contributed by atoms with Gasteiger partial charge in [0.05, 0.1) is 18.0 Å². The quantitative estimate of drug-likeness (QED) is 0.817. The van der Waals surface area contributed by atoms with E-state index in [1.54, 1.807) is 12.3 Å². The molecule has 2 heterocycles. The van der Waals surface area contributed by atoms with Crippen LogP contribution in [0.15, 0.2) is 27.4 Å². The van der Waals surface area contributed by atoms with Crippen molar-refractivity contribution in [3.8, 4) is 11.3 Å². The van der Waals surface area contributed by atoms with Gasteiger partial charge in [0.2, 0.25) is 5.22 Å². The van der Waals surface area contributed by atoms with E-state index in [0.717, 1.165) is 25.1 Å². The largest absolute Gasteiger partial charge is 0.452 e. The minimum absolute atomic E-state index is 0.328. The smallest absolute Gasteiger partial charge is 0.204 e. The number of halogens is 1. The van der Waals surface area contributed by atoms with E-state index in [2.05, 4.69) is 17.2 Å². The number of nitrogens with one attached hydrogen (secondary N) is 1. The van der Waals surface area contributed by atoms with Gasteiger partial charge in [0.1, 0.15) is 0 Å². The maximum Gasteiger partial charge on any atom is 0.204 e. The number of aromatic nitrogens is 1. The Morgan fingerprint density at radius 3 is 3.06 bits per heavy atom. The van der Waals surface area contributed by atoms with Crippen molar-refractivity contribution in [1.82, 2.24) is 10.3 Å². The Hall–Kier alpha value is -1.26. The van der Waals surface area contributed by atoms with Crippen LogP contribution in [0.25, 0.3) is 11.3 Å². The molecular weight excluding hydrogens is 228 g/mol. The second kappa shape index (κ2) is 5.18. The van der Waals surface area contributed by atoms with Crippen LogP contribution in [-0.2, 0) is 6.42 Å². The Balaban J connectivity index is 2.05. The van der Waals surface area contributed by atoms with Crippen LogP contribution in [0.3, 0.4) is 0 Å². The Bertz CT molecular complexity index is 450. The summed E-state index contributed by atoms with van der Waals surface area (Å²) >= 11 is 5.84. The first-order chi connectivity index (χ1) is 7.81. The fraction of sp³-hybridized carbons (Fsp3) is 0.364. The zero-order chi connectivity index (χ0) is 11.4. The molecule has 0 saturated carbocycles. The van der Waals surface area contributed by atoms with Gasteiger partial charge in [0, 0.05) is 13.0 Å². The number of oxazole rings is 1. The third-order valence-electron chi connectivity index (χ3n) is 2.20. The highest BCUT2D eigenvalue weighted by Gasteiger charge is 2.11. The van der Waals surface area contributed by atoms with Gasteiger partial charge in [-0.2, -0.15) is 0 Å². The molecule has 0 atom stereocenters. The van der Waals surface area contributed by atoms with E-state index in [1.165, 1.54) is 6.26 Å². The molecule has 0 saturated heterocycles. The number of hydrogen-bond donors (Lipinski definition) is 1. The summed E-state index contributed by atoms with van der Waals surface area (Å²) in [6.45, 7) is 3.86. The fourth-order valence-corrected chi connectivity index (χ4v) is 1.60. The maximum atomic E-state index is 5.84. The summed E-state index contributed by atoms with van der Waals surface area (Å²) in [6.07, 6.45) is 3.96. The minimum atomic E-state index is 0.328. The van der Waals surface area contributed by atoms with E-state index in [4.69, 9.17) is 20.4 Å². The first-order valence-electron chi connectivity index (χ1n) is 5.20. The molecule has 0 aliphatic heterocycles. The van der Waals surface area contributed by atoms with E-state index >= 15 is 0 Å². The summed E-state index contributed by atoms with van der Waals surface area (Å²) in [4.78, 5) is 4.18. The molecule has 86 valence electrons. The molecule has 0 fully saturated rings. The van der Waals surface area contributed by atoms with Crippen molar-refractivity contribution in [3.05, 3.63) is 29.6 Å². The molecule has 0 amide bonds. The molecule has 1 N–H and O–H groups in total. The molecule has 2 aromatic rings. The van der Waals surface area contributed by atoms with Crippen molar-refractivity contribution < 1.29 is 8.83 Å². The molecule has 0 radical (unpaired) electrons. The van der Waals surface area contributed by atoms with E-state index in [0.29, 0.717) is 16.9 Å². The molecule has 4 nitrogen and oxygen atoms in total. The highest BCUT2D eigenvalue weighted by Crippen LogP contribution is 2.29. The Morgan fingerprint density at radius 1 is 1.50 bits per heavy atom. The number of hydrogen-bond acceptors (Lipinski definition) is 4. The molecule has 0 unspecified atom stereocenters. The van der Waals surface area contributed by atoms with Crippen molar-refractivity contribution in [3.63, 3.8) is 0 Å². The number of likely N-dealkylation sites (N-methyl/N-ethyl adjacent to an activating group) is 1. The monoisotopic (exact) mass is 240 g/mol. The standard InChI is InChI=1S/C11H13ClN2O2/c1-2-13-5-3-10-14-7-9(16-10)8-4-6-15-11(8)12/h4,6-7,13H,2-3,5H2,1H3. The highest BCUT2D eigenvalue weighted by molar-refractivity contribution is 6.31. The van der Waals surface area contributed by atoms with Crippen LogP contribution < -0.4 is 5.32 Å². The van der Waals surface area contributed by atoms with Crippen LogP contribution in [-0.4, -0.2) is 18.1 Å². The van der Waals surface area contributed by atoms with Crippen LogP contribution in [0.2, 0.25) is 5.22 Å². The van der Waals surface area contributed by atoms with Crippen LogP contribution in [0.1, 0.15) is 12.8 Å². The van der Waals surface area contributed by atoms with E-state index in [9.17, 15) is 0 Å². The van der Waals surface area contributed by atoms with Gasteiger partial charge in [-0.15, -0.1) is 0 Å². The lowest BCUT2D eigenvalue weighted by molar-refractivity contribution is 0.496. The van der Waals surface area contributed by atoms with E-state index in [1.807, 2.05) is 0 Å². The number of furan rings is 1. The van der Waals surface area contributed by atoms with Crippen LogP contribution in [0, 0.1) is 0 Å². The number of nitrogens with zero attached hydrogens (tertiary/aromatic N) is 1. The second-order valence-electron chi connectivity index (χ2n) is 3.33. The lowest BCUT2D eigenvalue weighted by Crippen LogP contribution is -2.16. The fourth-order valence-electron chi connectivity index (χ4n) is 1.39. The average molecular weight is 241 g/mol. The lowest BCUT2D eigenvalue weighted by Gasteiger charge is -1.96. The van der Waals surface area contributed by atoms with Gasteiger partial charge in [-0.3, -0.25) is 0 Å². The first-order valence-corrected chi connectivity index (χ1v) is 5.58. The summed E-state index contributed by atoms with van der Waals surface area (Å²) in [5, 5.41) is 3.54. The molecule has 5 heteroatoms. The lowest BCUT2D eigenvalue weighted by atomic mass is 10.3. The molecular formula is C11H13ClN2O2. The van der Waals surface area contributed by atoms with Crippen LogP contribution in [0.5, 0.6) is 0 Å². The third-order valence-corrected chi connectivity index (χ3v) is 2.50. The molecule has 0 aromatic carbocycles. The van der Waals surface area contributed by atoms with E-state index in [-0.39, 0.29) is 0 Å². The first kappa shape index (κ1) is 11.2. The Morgan fingerprint density at radius 2 is 2.38 bits per heavy atom. The zero-order valence-electron chi connectivity index (χ0n) is 9.00. The van der Waals surface area contributed by atoms with Crippen molar-refractivity contribution in [2.45, 2.75) is 13.3 Å². The third kappa shape index (κ3) is 2.46. The molecule has 0 bridgehead atoms. The van der Waals surface area contributed by atoms with Crippen molar-refractivity contribution in [1.29, 1.82) is 0 Å². The predicted octanol–water partition coefficient (Wildman–Crippen LogP) is 2.74. The molecule has 2 aromatic heterocycles. The summed E-state index contributed by atoms with van der Waals surface area (Å²) < 4.78 is 10.6. The van der Waals surface area contributed by atoms with Crippen molar-refractivity contribution >= 4 is 11.6 Å². The minimum Gasteiger partial charge on any atom is -0.452 e. The number of rotatable bonds is 5. The normalized spacial score (nSPS) is 10.9. The average Bonchev–Trinajstić information content (AvgIpc) is 2.87. The molecule has 2 rings (SSSR count). The molecule has 0 aliphatic rings. The zero-order valence-corrected chi connectivity index (χ0v) is 9.75. The van der Waals surface area contributed by atoms with Gasteiger partial charge in [-0.05, 0) is 24.2 Å². The van der Waals surface area contributed by atoms with Gasteiger partial charge in [0.15, 0.2) is 11.7 Å². The summed E-state index contributed by atoms with van der Waals surface area (Å²) in [5.41, 5.74) is 0.740. The van der Waals surface area contributed by atoms with Gasteiger partial charge in [0.25, 0.3) is 0 Å². The van der Waals surface area contributed by atoms with Gasteiger partial charge in [-0.1, -0.05) is 6.92 Å². The van der Waals surface area contributed by atoms with Crippen LogP contribution in [0.4, 0.5) is 0 Å². The Labute approximate surface area is 98.6 Å². The van der Waals surface area contributed by atoms with Crippen molar-refractivity contribution in [2.75, 3.05) is 13.1 Å². The molecule has 16 heavy (non-hydrogen) atoms. The maximum absolute atomic E-state index is 5.84. The van der Waals surface area contributed by atoms with Crippen LogP contribution >= 0.6 is 11.6 Å². The highest BCUT2D eigenvalue weighted by atomic mass is 35.5. The van der Waals surface area contributed by atoms with Gasteiger partial charge < -0.3 is 14.2 Å². The Kier molecular flexibility index (Phi) is 3.64. The topological polar surface area (TPSA) is 51.2 Å². The van der Waals surface area contributed by atoms with Gasteiger partial charge in [-0.25, -0.2) is 4.98 Å². The van der Waals surface area contributed by atoms with Gasteiger partial charge >= 0.3 is 0 Å². The SMILES string of the molecule is CCNCCc1ncc(-c2ccoc2Cl)o1.